The third-order valence-corrected chi connectivity index (χ3v) is 1.48. The molecule has 0 amide bonds. The zero-order valence-electron chi connectivity index (χ0n) is 6.05. The molecule has 10 heavy (non-hydrogen) atoms. The van der Waals surface area contributed by atoms with Gasteiger partial charge in [0, 0.05) is 13.1 Å². The van der Waals surface area contributed by atoms with Crippen molar-refractivity contribution in [3.05, 3.63) is 0 Å². The molecule has 1 aliphatic heterocycles. The molecule has 0 aliphatic carbocycles. The number of nitrogens with zero attached hydrogens (tertiary/aromatic N) is 1. The second-order valence-corrected chi connectivity index (χ2v) is 2.49. The van der Waals surface area contributed by atoms with E-state index in [1.165, 1.54) is 0 Å². The fraction of sp³-hybridized carbons (Fsp3) is 1.00. The minimum atomic E-state index is 0. The van der Waals surface area contributed by atoms with Crippen molar-refractivity contribution in [3.8, 4) is 0 Å². The Morgan fingerprint density at radius 2 is 2.20 bits per heavy atom. The maximum absolute atomic E-state index is 5.40. The van der Waals surface area contributed by atoms with Gasteiger partial charge in [0.1, 0.15) is 6.23 Å². The Balaban J connectivity index is 0.000000810. The second kappa shape index (κ2) is 4.66. The summed E-state index contributed by atoms with van der Waals surface area (Å²) in [6, 6.07) is 0. The van der Waals surface area contributed by atoms with Crippen LogP contribution in [0.2, 0.25) is 0 Å². The minimum Gasteiger partial charge on any atom is -0.360 e. The molecule has 1 rings (SSSR count). The number of likely N-dealkylation sites (N-methyl/N-ethyl adjacent to an activating group) is 1. The van der Waals surface area contributed by atoms with E-state index in [0.717, 1.165) is 19.7 Å². The van der Waals surface area contributed by atoms with Gasteiger partial charge in [-0.05, 0) is 14.1 Å². The smallest absolute Gasteiger partial charge is 0.122 e. The molecule has 1 saturated heterocycles. The van der Waals surface area contributed by atoms with Gasteiger partial charge >= 0.3 is 0 Å². The molecule has 1 unspecified atom stereocenters. The molecule has 0 saturated carbocycles. The molecular formula is C7H18N2O. The number of hydrogen-bond donors (Lipinski definition) is 1. The molecule has 0 aromatic carbocycles. The van der Waals surface area contributed by atoms with Crippen LogP contribution in [0.3, 0.4) is 0 Å². The third kappa shape index (κ3) is 2.64. The van der Waals surface area contributed by atoms with Crippen molar-refractivity contribution in [2.24, 2.45) is 0 Å². The summed E-state index contributed by atoms with van der Waals surface area (Å²) in [5, 5.41) is 3.25. The average Bonchev–Trinajstić information content (AvgIpc) is 1.90. The molecule has 1 atom stereocenters. The number of morpholine rings is 1. The summed E-state index contributed by atoms with van der Waals surface area (Å²) in [7, 11) is 4.05. The maximum atomic E-state index is 5.40. The summed E-state index contributed by atoms with van der Waals surface area (Å²) in [4.78, 5) is 2.08. The van der Waals surface area contributed by atoms with Crippen LogP contribution in [0.25, 0.3) is 0 Å². The molecule has 3 nitrogen and oxygen atoms in total. The molecule has 3 heteroatoms. The van der Waals surface area contributed by atoms with Gasteiger partial charge in [-0.15, -0.1) is 0 Å². The average molecular weight is 146 g/mol. The Labute approximate surface area is 63.4 Å². The Kier molecular flexibility index (Phi) is 4.60. The summed E-state index contributed by atoms with van der Waals surface area (Å²) in [6.07, 6.45) is 0.277. The molecule has 62 valence electrons. The van der Waals surface area contributed by atoms with E-state index >= 15 is 0 Å². The highest BCUT2D eigenvalue weighted by Gasteiger charge is 2.13. The molecule has 1 aliphatic rings. The van der Waals surface area contributed by atoms with E-state index in [2.05, 4.69) is 10.2 Å². The minimum absolute atomic E-state index is 0. The van der Waals surface area contributed by atoms with E-state index in [1.54, 1.807) is 0 Å². The molecule has 0 radical (unpaired) electrons. The molecular weight excluding hydrogens is 128 g/mol. The summed E-state index contributed by atoms with van der Waals surface area (Å²) >= 11 is 0. The monoisotopic (exact) mass is 146 g/mol. The first-order valence-corrected chi connectivity index (χ1v) is 3.29. The first-order valence-electron chi connectivity index (χ1n) is 3.29. The van der Waals surface area contributed by atoms with Crippen molar-refractivity contribution in [1.82, 2.24) is 10.2 Å². The highest BCUT2D eigenvalue weighted by atomic mass is 16.5. The van der Waals surface area contributed by atoms with Crippen molar-refractivity contribution in [3.63, 3.8) is 0 Å². The highest BCUT2D eigenvalue weighted by molar-refractivity contribution is 4.63. The van der Waals surface area contributed by atoms with E-state index < -0.39 is 0 Å². The van der Waals surface area contributed by atoms with E-state index in [-0.39, 0.29) is 13.7 Å². The van der Waals surface area contributed by atoms with Gasteiger partial charge in [0.05, 0.1) is 6.61 Å². The summed E-state index contributed by atoms with van der Waals surface area (Å²) < 4.78 is 5.40. The van der Waals surface area contributed by atoms with Crippen LogP contribution in [0.1, 0.15) is 7.43 Å². The van der Waals surface area contributed by atoms with Crippen LogP contribution in [0, 0.1) is 0 Å². The van der Waals surface area contributed by atoms with Gasteiger partial charge < -0.3 is 10.1 Å². The predicted octanol–water partition coefficient (Wildman–Crippen LogP) is 0.130. The molecule has 0 aromatic rings. The summed E-state index contributed by atoms with van der Waals surface area (Å²) in [5.41, 5.74) is 0. The van der Waals surface area contributed by atoms with Crippen molar-refractivity contribution in [2.45, 2.75) is 13.7 Å². The van der Waals surface area contributed by atoms with Crippen LogP contribution in [0.15, 0.2) is 0 Å². The summed E-state index contributed by atoms with van der Waals surface area (Å²) in [5.74, 6) is 0. The number of ether oxygens (including phenoxy) is 1. The zero-order valence-corrected chi connectivity index (χ0v) is 6.05. The van der Waals surface area contributed by atoms with Crippen molar-refractivity contribution in [1.29, 1.82) is 0 Å². The largest absolute Gasteiger partial charge is 0.360 e. The lowest BCUT2D eigenvalue weighted by atomic mass is 10.4. The highest BCUT2D eigenvalue weighted by Crippen LogP contribution is 1.96. The Morgan fingerprint density at radius 3 is 2.50 bits per heavy atom. The van der Waals surface area contributed by atoms with Crippen molar-refractivity contribution < 1.29 is 4.74 Å². The molecule has 0 aromatic heterocycles. The maximum Gasteiger partial charge on any atom is 0.122 e. The van der Waals surface area contributed by atoms with Gasteiger partial charge in [0.25, 0.3) is 0 Å². The van der Waals surface area contributed by atoms with Gasteiger partial charge in [0.2, 0.25) is 0 Å². The van der Waals surface area contributed by atoms with E-state index in [4.69, 9.17) is 4.74 Å². The summed E-state index contributed by atoms with van der Waals surface area (Å²) in [6.45, 7) is 2.78. The normalized spacial score (nSPS) is 26.1. The van der Waals surface area contributed by atoms with Crippen LogP contribution >= 0.6 is 0 Å². The lowest BCUT2D eigenvalue weighted by molar-refractivity contribution is -0.0533. The van der Waals surface area contributed by atoms with Crippen molar-refractivity contribution >= 4 is 0 Å². The Hall–Kier alpha value is -0.120. The topological polar surface area (TPSA) is 24.5 Å². The lowest BCUT2D eigenvalue weighted by Gasteiger charge is -2.28. The van der Waals surface area contributed by atoms with Crippen LogP contribution in [-0.4, -0.2) is 44.9 Å². The third-order valence-electron chi connectivity index (χ3n) is 1.48. The lowest BCUT2D eigenvalue weighted by Crippen LogP contribution is -2.46. The van der Waals surface area contributed by atoms with E-state index in [1.807, 2.05) is 14.1 Å². The standard InChI is InChI=1S/C6H14N2O.CH4/c1-8(2)6-5-7-3-4-9-6;/h6-7H,3-5H2,1-2H3;1H4. The van der Waals surface area contributed by atoms with Gasteiger partial charge in [0.15, 0.2) is 0 Å². The van der Waals surface area contributed by atoms with E-state index in [0.29, 0.717) is 0 Å². The van der Waals surface area contributed by atoms with Gasteiger partial charge in [-0.2, -0.15) is 0 Å². The number of rotatable bonds is 1. The zero-order chi connectivity index (χ0) is 6.69. The fourth-order valence-corrected chi connectivity index (χ4v) is 0.883. The molecule has 1 heterocycles. The SMILES string of the molecule is C.CN(C)C1CNCCO1. The number of hydrogen-bond acceptors (Lipinski definition) is 3. The molecule has 1 fully saturated rings. The first kappa shape index (κ1) is 9.88. The van der Waals surface area contributed by atoms with Crippen LogP contribution < -0.4 is 5.32 Å². The molecule has 1 N–H and O–H groups in total. The van der Waals surface area contributed by atoms with Crippen LogP contribution in [0.4, 0.5) is 0 Å². The first-order chi connectivity index (χ1) is 4.30. The van der Waals surface area contributed by atoms with E-state index in [9.17, 15) is 0 Å². The van der Waals surface area contributed by atoms with Crippen LogP contribution in [0.5, 0.6) is 0 Å². The second-order valence-electron chi connectivity index (χ2n) is 2.49. The Bertz CT molecular complexity index is 79.7. The Morgan fingerprint density at radius 1 is 1.50 bits per heavy atom. The van der Waals surface area contributed by atoms with Gasteiger partial charge in [-0.1, -0.05) is 7.43 Å². The quantitative estimate of drug-likeness (QED) is 0.569. The van der Waals surface area contributed by atoms with Gasteiger partial charge in [-0.25, -0.2) is 0 Å². The van der Waals surface area contributed by atoms with Crippen molar-refractivity contribution in [2.75, 3.05) is 33.8 Å². The fourth-order valence-electron chi connectivity index (χ4n) is 0.883. The predicted molar refractivity (Wildman–Crippen MR) is 43.0 cm³/mol. The molecule has 0 spiro atoms. The molecule has 0 bridgehead atoms. The van der Waals surface area contributed by atoms with Crippen LogP contribution in [-0.2, 0) is 4.74 Å². The number of nitrogens with one attached hydrogen (secondary N) is 1. The van der Waals surface area contributed by atoms with Gasteiger partial charge in [-0.3, -0.25) is 4.90 Å².